The van der Waals surface area contributed by atoms with Gasteiger partial charge in [0.2, 0.25) is 0 Å². The number of unbranched alkanes of at least 4 members (excludes halogenated alkanes) is 23. The van der Waals surface area contributed by atoms with Gasteiger partial charge in [-0.15, -0.1) is 0 Å². The summed E-state index contributed by atoms with van der Waals surface area (Å²) in [5.41, 5.74) is 0. The molecule has 70 heavy (non-hydrogen) atoms. The number of esters is 3. The highest BCUT2D eigenvalue weighted by atomic mass is 16.6. The number of hydrogen-bond donors (Lipinski definition) is 0. The van der Waals surface area contributed by atoms with Gasteiger partial charge in [0, 0.05) is 12.8 Å². The third-order valence-electron chi connectivity index (χ3n) is 12.1. The first-order chi connectivity index (χ1) is 34.5. The summed E-state index contributed by atoms with van der Waals surface area (Å²) in [7, 11) is 0. The lowest BCUT2D eigenvalue weighted by Crippen LogP contribution is -2.30. The van der Waals surface area contributed by atoms with Crippen LogP contribution in [0.5, 0.6) is 0 Å². The van der Waals surface area contributed by atoms with Crippen molar-refractivity contribution in [2.45, 2.75) is 264 Å². The molecule has 0 bridgehead atoms. The maximum atomic E-state index is 12.7. The summed E-state index contributed by atoms with van der Waals surface area (Å²) in [6.07, 6.45) is 78.5. The van der Waals surface area contributed by atoms with E-state index in [0.717, 1.165) is 96.3 Å². The molecule has 0 aliphatic heterocycles. The molecule has 6 heteroatoms. The highest BCUT2D eigenvalue weighted by Crippen LogP contribution is 2.16. The number of allylic oxidation sites excluding steroid dienone is 17. The van der Waals surface area contributed by atoms with E-state index in [4.69, 9.17) is 14.2 Å². The molecule has 0 rings (SSSR count). The molecule has 0 aliphatic rings. The van der Waals surface area contributed by atoms with Crippen molar-refractivity contribution in [3.8, 4) is 0 Å². The Morgan fingerprint density at radius 3 is 0.943 bits per heavy atom. The fourth-order valence-electron chi connectivity index (χ4n) is 7.80. The Bertz CT molecular complexity index is 1440. The van der Waals surface area contributed by atoms with Crippen LogP contribution in [0, 0.1) is 0 Å². The molecule has 1 unspecified atom stereocenters. The zero-order valence-electron chi connectivity index (χ0n) is 45.5. The van der Waals surface area contributed by atoms with Crippen LogP contribution in [-0.4, -0.2) is 37.2 Å². The molecule has 0 aromatic heterocycles. The SMILES string of the molecule is CC/C=C\C/C=C\C/C=C\C/C=C\C/C=C\CC(=O)OC(COC(=O)CCCCCCCCCC)COC(=O)CCCCCCCCCCCCCCCCCC/C=C\C/C=C\C/C=C\C/C=C\CC. The molecule has 0 spiro atoms. The fraction of sp³-hybridized carbons (Fsp3) is 0.672. The molecular formula is C64H106O6. The molecule has 0 amide bonds. The van der Waals surface area contributed by atoms with Gasteiger partial charge in [-0.3, -0.25) is 14.4 Å². The lowest BCUT2D eigenvalue weighted by Gasteiger charge is -2.18. The molecule has 0 aromatic carbocycles. The minimum atomic E-state index is -0.829. The van der Waals surface area contributed by atoms with Crippen LogP contribution >= 0.6 is 0 Å². The largest absolute Gasteiger partial charge is 0.462 e. The summed E-state index contributed by atoms with van der Waals surface area (Å²) >= 11 is 0. The lowest BCUT2D eigenvalue weighted by molar-refractivity contribution is -0.166. The molecule has 398 valence electrons. The van der Waals surface area contributed by atoms with Gasteiger partial charge in [0.15, 0.2) is 6.10 Å². The van der Waals surface area contributed by atoms with Gasteiger partial charge in [-0.1, -0.05) is 265 Å². The number of carbonyl (C=O) groups is 3. The van der Waals surface area contributed by atoms with Crippen LogP contribution in [0.2, 0.25) is 0 Å². The van der Waals surface area contributed by atoms with E-state index in [1.54, 1.807) is 6.08 Å². The molecular weight excluding hydrogens is 865 g/mol. The number of carbonyl (C=O) groups excluding carboxylic acids is 3. The second kappa shape index (κ2) is 57.6. The highest BCUT2D eigenvalue weighted by Gasteiger charge is 2.19. The van der Waals surface area contributed by atoms with E-state index >= 15 is 0 Å². The highest BCUT2D eigenvalue weighted by molar-refractivity contribution is 5.72. The van der Waals surface area contributed by atoms with Gasteiger partial charge in [-0.05, 0) is 83.5 Å². The van der Waals surface area contributed by atoms with Crippen molar-refractivity contribution in [2.75, 3.05) is 13.2 Å². The van der Waals surface area contributed by atoms with Crippen LogP contribution in [0.4, 0.5) is 0 Å². The molecule has 0 heterocycles. The Labute approximate surface area is 431 Å². The van der Waals surface area contributed by atoms with Crippen LogP contribution < -0.4 is 0 Å². The van der Waals surface area contributed by atoms with Crippen LogP contribution in [0.25, 0.3) is 0 Å². The van der Waals surface area contributed by atoms with Gasteiger partial charge in [-0.2, -0.15) is 0 Å². The first kappa shape index (κ1) is 66.1. The van der Waals surface area contributed by atoms with E-state index in [0.29, 0.717) is 12.8 Å². The number of rotatable bonds is 51. The molecule has 0 aliphatic carbocycles. The van der Waals surface area contributed by atoms with E-state index in [1.807, 2.05) is 6.08 Å². The monoisotopic (exact) mass is 971 g/mol. The average Bonchev–Trinajstić information content (AvgIpc) is 3.36. The molecule has 0 saturated heterocycles. The predicted octanol–water partition coefficient (Wildman–Crippen LogP) is 19.5. The van der Waals surface area contributed by atoms with Crippen LogP contribution in [-0.2, 0) is 28.6 Å². The summed E-state index contributed by atoms with van der Waals surface area (Å²) < 4.78 is 16.7. The number of ether oxygens (including phenoxy) is 3. The van der Waals surface area contributed by atoms with E-state index in [-0.39, 0.29) is 31.6 Å². The van der Waals surface area contributed by atoms with E-state index in [2.05, 4.69) is 118 Å². The smallest absolute Gasteiger partial charge is 0.310 e. The molecule has 0 saturated carbocycles. The molecule has 0 fully saturated rings. The predicted molar refractivity (Wildman–Crippen MR) is 302 cm³/mol. The summed E-state index contributed by atoms with van der Waals surface area (Å²) in [5, 5.41) is 0. The topological polar surface area (TPSA) is 78.9 Å². The zero-order valence-corrected chi connectivity index (χ0v) is 45.5. The van der Waals surface area contributed by atoms with Crippen molar-refractivity contribution in [3.05, 3.63) is 109 Å². The molecule has 0 radical (unpaired) electrons. The Hall–Kier alpha value is -3.93. The van der Waals surface area contributed by atoms with Gasteiger partial charge < -0.3 is 14.2 Å². The van der Waals surface area contributed by atoms with Gasteiger partial charge in [-0.25, -0.2) is 0 Å². The Morgan fingerprint density at radius 1 is 0.314 bits per heavy atom. The molecule has 0 N–H and O–H groups in total. The van der Waals surface area contributed by atoms with Crippen LogP contribution in [0.1, 0.15) is 258 Å². The van der Waals surface area contributed by atoms with E-state index < -0.39 is 12.1 Å². The Morgan fingerprint density at radius 2 is 0.600 bits per heavy atom. The van der Waals surface area contributed by atoms with Crippen molar-refractivity contribution in [1.29, 1.82) is 0 Å². The van der Waals surface area contributed by atoms with Crippen LogP contribution in [0.15, 0.2) is 109 Å². The van der Waals surface area contributed by atoms with Crippen LogP contribution in [0.3, 0.4) is 0 Å². The van der Waals surface area contributed by atoms with Gasteiger partial charge in [0.1, 0.15) is 13.2 Å². The normalized spacial score (nSPS) is 12.9. The zero-order chi connectivity index (χ0) is 50.7. The lowest BCUT2D eigenvalue weighted by atomic mass is 10.0. The Balaban J connectivity index is 4.18. The third kappa shape index (κ3) is 55.0. The van der Waals surface area contributed by atoms with E-state index in [9.17, 15) is 14.4 Å². The summed E-state index contributed by atoms with van der Waals surface area (Å²) in [4.78, 5) is 37.9. The minimum absolute atomic E-state index is 0.0967. The third-order valence-corrected chi connectivity index (χ3v) is 12.1. The quantitative estimate of drug-likeness (QED) is 0.0262. The second-order valence-corrected chi connectivity index (χ2v) is 18.8. The van der Waals surface area contributed by atoms with Crippen molar-refractivity contribution < 1.29 is 28.6 Å². The first-order valence-electron chi connectivity index (χ1n) is 28.9. The molecule has 0 aromatic rings. The minimum Gasteiger partial charge on any atom is -0.462 e. The maximum Gasteiger partial charge on any atom is 0.310 e. The Kier molecular flexibility index (Phi) is 54.4. The molecule has 6 nitrogen and oxygen atoms in total. The van der Waals surface area contributed by atoms with Crippen molar-refractivity contribution in [3.63, 3.8) is 0 Å². The fourth-order valence-corrected chi connectivity index (χ4v) is 7.80. The van der Waals surface area contributed by atoms with Crippen molar-refractivity contribution in [2.24, 2.45) is 0 Å². The summed E-state index contributed by atoms with van der Waals surface area (Å²) in [6.45, 7) is 6.30. The van der Waals surface area contributed by atoms with Crippen molar-refractivity contribution >= 4 is 17.9 Å². The first-order valence-corrected chi connectivity index (χ1v) is 28.9. The maximum absolute atomic E-state index is 12.7. The molecule has 1 atom stereocenters. The summed E-state index contributed by atoms with van der Waals surface area (Å²) in [5.74, 6) is -1.05. The average molecular weight is 972 g/mol. The second-order valence-electron chi connectivity index (χ2n) is 18.8. The van der Waals surface area contributed by atoms with Gasteiger partial charge in [0.05, 0.1) is 6.42 Å². The van der Waals surface area contributed by atoms with Gasteiger partial charge >= 0.3 is 17.9 Å². The standard InChI is InChI=1S/C64H106O6/c1-4-7-10-13-16-19-21-23-25-26-27-28-29-30-31-32-33-34-35-36-37-38-40-41-43-45-48-51-54-57-63(66)69-60-61(59-68-62(65)56-53-50-47-18-15-12-9-6-3)70-64(67)58-55-52-49-46-44-42-39-24-22-20-17-14-11-8-5-2/h7-8,10-11,16-17,19-20,23-25,27-28,39,44,46,52,55,61H,4-6,9,12-15,18,21-22,26,29-38,40-43,45,47-51,53-54,56-60H2,1-3H3/b10-7-,11-8-,19-16-,20-17-,25-23-,28-27-,39-24-,46-44-,55-52-. The van der Waals surface area contributed by atoms with Crippen molar-refractivity contribution in [1.82, 2.24) is 0 Å². The van der Waals surface area contributed by atoms with Gasteiger partial charge in [0.25, 0.3) is 0 Å². The number of hydrogen-bond acceptors (Lipinski definition) is 6. The van der Waals surface area contributed by atoms with E-state index in [1.165, 1.54) is 122 Å². The summed E-state index contributed by atoms with van der Waals surface area (Å²) in [6, 6.07) is 0.